The summed E-state index contributed by atoms with van der Waals surface area (Å²) in [6, 6.07) is 7.97. The topological polar surface area (TPSA) is 73.1 Å². The number of anilines is 2. The van der Waals surface area contributed by atoms with Crippen LogP contribution in [0.5, 0.6) is 5.75 Å². The quantitative estimate of drug-likeness (QED) is 0.883. The van der Waals surface area contributed by atoms with Crippen LogP contribution in [0.4, 0.5) is 11.6 Å². The fraction of sp³-hybridized carbons (Fsp3) is 0.375. The molecule has 3 N–H and O–H groups in total. The lowest BCUT2D eigenvalue weighted by molar-refractivity contribution is 0.414. The van der Waals surface area contributed by atoms with E-state index < -0.39 is 0 Å². The summed E-state index contributed by atoms with van der Waals surface area (Å²) >= 11 is 0. The highest BCUT2D eigenvalue weighted by Gasteiger charge is 2.27. The molecule has 1 saturated carbocycles. The number of aromatic nitrogens is 2. The number of hydrogen-bond donors (Lipinski definition) is 2. The summed E-state index contributed by atoms with van der Waals surface area (Å²) in [5.41, 5.74) is 8.06. The zero-order valence-corrected chi connectivity index (χ0v) is 12.4. The normalized spacial score (nSPS) is 14.0. The molecule has 1 aromatic heterocycles. The smallest absolute Gasteiger partial charge is 0.136 e. The Balaban J connectivity index is 1.74. The fourth-order valence-corrected chi connectivity index (χ4v) is 2.18. The number of nitrogens with two attached hydrogens (primary N) is 1. The predicted molar refractivity (Wildman–Crippen MR) is 83.5 cm³/mol. The molecular formula is C16H20N4O. The molecule has 0 unspecified atom stereocenters. The van der Waals surface area contributed by atoms with Crippen LogP contribution in [0.15, 0.2) is 24.3 Å². The van der Waals surface area contributed by atoms with E-state index in [1.165, 1.54) is 18.4 Å². The highest BCUT2D eigenvalue weighted by Crippen LogP contribution is 2.39. The largest absolute Gasteiger partial charge is 0.497 e. The minimum atomic E-state index is 0.495. The van der Waals surface area contributed by atoms with E-state index in [4.69, 9.17) is 10.5 Å². The van der Waals surface area contributed by atoms with E-state index in [2.05, 4.69) is 15.3 Å². The van der Waals surface area contributed by atoms with Crippen molar-refractivity contribution in [1.82, 2.24) is 9.97 Å². The Morgan fingerprint density at radius 2 is 1.95 bits per heavy atom. The number of hydrogen-bond acceptors (Lipinski definition) is 5. The van der Waals surface area contributed by atoms with Crippen molar-refractivity contribution in [1.29, 1.82) is 0 Å². The summed E-state index contributed by atoms with van der Waals surface area (Å²) < 4.78 is 5.16. The van der Waals surface area contributed by atoms with Gasteiger partial charge in [0.25, 0.3) is 0 Å². The van der Waals surface area contributed by atoms with Crippen LogP contribution >= 0.6 is 0 Å². The molecule has 0 saturated heterocycles. The van der Waals surface area contributed by atoms with Crippen molar-refractivity contribution < 1.29 is 4.74 Å². The average Bonchev–Trinajstić information content (AvgIpc) is 3.34. The summed E-state index contributed by atoms with van der Waals surface area (Å²) in [6.45, 7) is 2.65. The van der Waals surface area contributed by atoms with E-state index in [1.807, 2.05) is 31.2 Å². The molecule has 1 aliphatic rings. The second-order valence-corrected chi connectivity index (χ2v) is 5.42. The van der Waals surface area contributed by atoms with Gasteiger partial charge in [-0.05, 0) is 37.5 Å². The van der Waals surface area contributed by atoms with Crippen LogP contribution in [0.2, 0.25) is 0 Å². The molecule has 0 aliphatic heterocycles. The number of nitrogen functional groups attached to an aromatic ring is 1. The Bertz CT molecular complexity index is 635. The molecule has 1 heterocycles. The van der Waals surface area contributed by atoms with Gasteiger partial charge in [0.2, 0.25) is 0 Å². The van der Waals surface area contributed by atoms with E-state index in [0.29, 0.717) is 18.3 Å². The zero-order chi connectivity index (χ0) is 14.8. The first-order valence-electron chi connectivity index (χ1n) is 7.18. The van der Waals surface area contributed by atoms with Crippen LogP contribution in [0.25, 0.3) is 0 Å². The summed E-state index contributed by atoms with van der Waals surface area (Å²) in [7, 11) is 1.67. The molecule has 5 heteroatoms. The van der Waals surface area contributed by atoms with E-state index in [-0.39, 0.29) is 0 Å². The highest BCUT2D eigenvalue weighted by molar-refractivity contribution is 5.55. The molecular weight excluding hydrogens is 264 g/mol. The van der Waals surface area contributed by atoms with Crippen LogP contribution in [-0.2, 0) is 6.54 Å². The number of nitrogens with zero attached hydrogens (tertiary/aromatic N) is 2. The van der Waals surface area contributed by atoms with E-state index in [9.17, 15) is 0 Å². The maximum atomic E-state index is 5.99. The number of methoxy groups -OCH3 is 1. The van der Waals surface area contributed by atoms with Crippen molar-refractivity contribution in [2.45, 2.75) is 32.2 Å². The van der Waals surface area contributed by atoms with Crippen molar-refractivity contribution in [3.05, 3.63) is 41.2 Å². The number of nitrogens with one attached hydrogen (secondary N) is 1. The lowest BCUT2D eigenvalue weighted by Gasteiger charge is -2.12. The maximum absolute atomic E-state index is 5.99. The maximum Gasteiger partial charge on any atom is 0.136 e. The average molecular weight is 284 g/mol. The minimum absolute atomic E-state index is 0.495. The monoisotopic (exact) mass is 284 g/mol. The second-order valence-electron chi connectivity index (χ2n) is 5.42. The van der Waals surface area contributed by atoms with Crippen molar-refractivity contribution >= 4 is 11.6 Å². The Labute approximate surface area is 124 Å². The molecule has 1 fully saturated rings. The first kappa shape index (κ1) is 13.7. The summed E-state index contributed by atoms with van der Waals surface area (Å²) in [6.07, 6.45) is 2.33. The van der Waals surface area contributed by atoms with Gasteiger partial charge in [-0.15, -0.1) is 0 Å². The molecule has 2 aromatic rings. The summed E-state index contributed by atoms with van der Waals surface area (Å²) in [5.74, 6) is 3.63. The molecule has 0 atom stereocenters. The van der Waals surface area contributed by atoms with Crippen molar-refractivity contribution in [3.8, 4) is 5.75 Å². The van der Waals surface area contributed by atoms with Crippen molar-refractivity contribution in [2.75, 3.05) is 18.2 Å². The third-order valence-corrected chi connectivity index (χ3v) is 3.76. The number of rotatable bonds is 5. The Morgan fingerprint density at radius 3 is 2.57 bits per heavy atom. The minimum Gasteiger partial charge on any atom is -0.497 e. The van der Waals surface area contributed by atoms with Crippen molar-refractivity contribution in [2.24, 2.45) is 0 Å². The standard InChI is InChI=1S/C16H20N4O/c1-10-14(17)19-16(12-5-6-12)20-15(10)18-9-11-3-7-13(21-2)8-4-11/h3-4,7-8,12H,5-6,9H2,1-2H3,(H3,17,18,19,20). The van der Waals surface area contributed by atoms with Crippen LogP contribution < -0.4 is 15.8 Å². The predicted octanol–water partition coefficient (Wildman–Crippen LogP) is 2.87. The van der Waals surface area contributed by atoms with Gasteiger partial charge in [-0.2, -0.15) is 0 Å². The second kappa shape index (κ2) is 5.60. The molecule has 1 aliphatic carbocycles. The highest BCUT2D eigenvalue weighted by atomic mass is 16.5. The third kappa shape index (κ3) is 3.07. The van der Waals surface area contributed by atoms with Crippen molar-refractivity contribution in [3.63, 3.8) is 0 Å². The first-order chi connectivity index (χ1) is 10.2. The van der Waals surface area contributed by atoms with Gasteiger partial charge in [-0.1, -0.05) is 12.1 Å². The van der Waals surface area contributed by atoms with Crippen LogP contribution in [-0.4, -0.2) is 17.1 Å². The fourth-order valence-electron chi connectivity index (χ4n) is 2.18. The number of benzene rings is 1. The molecule has 3 rings (SSSR count). The molecule has 110 valence electrons. The van der Waals surface area contributed by atoms with Crippen LogP contribution in [0.1, 0.15) is 35.7 Å². The lowest BCUT2D eigenvalue weighted by atomic mass is 10.2. The summed E-state index contributed by atoms with van der Waals surface area (Å²) in [4.78, 5) is 9.00. The van der Waals surface area contributed by atoms with Gasteiger partial charge < -0.3 is 15.8 Å². The molecule has 5 nitrogen and oxygen atoms in total. The molecule has 21 heavy (non-hydrogen) atoms. The van der Waals surface area contributed by atoms with E-state index >= 15 is 0 Å². The molecule has 0 spiro atoms. The van der Waals surface area contributed by atoms with Gasteiger partial charge in [0.1, 0.15) is 23.2 Å². The van der Waals surface area contributed by atoms with Gasteiger partial charge in [-0.25, -0.2) is 9.97 Å². The number of ether oxygens (including phenoxy) is 1. The Kier molecular flexibility index (Phi) is 3.64. The summed E-state index contributed by atoms with van der Waals surface area (Å²) in [5, 5.41) is 3.36. The third-order valence-electron chi connectivity index (χ3n) is 3.76. The molecule has 0 amide bonds. The first-order valence-corrected chi connectivity index (χ1v) is 7.18. The van der Waals surface area contributed by atoms with Crippen LogP contribution in [0, 0.1) is 6.92 Å². The molecule has 1 aromatic carbocycles. The van der Waals surface area contributed by atoms with Gasteiger partial charge >= 0.3 is 0 Å². The zero-order valence-electron chi connectivity index (χ0n) is 12.4. The van der Waals surface area contributed by atoms with E-state index in [1.54, 1.807) is 7.11 Å². The Hall–Kier alpha value is -2.30. The van der Waals surface area contributed by atoms with Gasteiger partial charge in [-0.3, -0.25) is 0 Å². The van der Waals surface area contributed by atoms with Gasteiger partial charge in [0, 0.05) is 18.0 Å². The molecule has 0 radical (unpaired) electrons. The van der Waals surface area contributed by atoms with Gasteiger partial charge in [0.05, 0.1) is 7.11 Å². The SMILES string of the molecule is COc1ccc(CNc2nc(C3CC3)nc(N)c2C)cc1. The van der Waals surface area contributed by atoms with Crippen LogP contribution in [0.3, 0.4) is 0 Å². The lowest BCUT2D eigenvalue weighted by Crippen LogP contribution is -2.09. The molecule has 0 bridgehead atoms. The van der Waals surface area contributed by atoms with E-state index in [0.717, 1.165) is 23.0 Å². The van der Waals surface area contributed by atoms with Gasteiger partial charge in [0.15, 0.2) is 0 Å². The Morgan fingerprint density at radius 1 is 1.24 bits per heavy atom.